The van der Waals surface area contributed by atoms with Crippen molar-refractivity contribution >= 4 is 17.3 Å². The Labute approximate surface area is 135 Å². The molecule has 0 spiro atoms. The van der Waals surface area contributed by atoms with Gasteiger partial charge < -0.3 is 15.4 Å². The highest BCUT2D eigenvalue weighted by molar-refractivity contribution is 5.94. The van der Waals surface area contributed by atoms with Crippen molar-refractivity contribution in [1.82, 2.24) is 0 Å². The summed E-state index contributed by atoms with van der Waals surface area (Å²) in [6.07, 6.45) is 0.364. The van der Waals surface area contributed by atoms with Crippen LogP contribution in [0.5, 0.6) is 5.75 Å². The summed E-state index contributed by atoms with van der Waals surface area (Å²) in [6, 6.07) is 15.1. The maximum absolute atomic E-state index is 12.0. The molecule has 5 heteroatoms. The molecular weight excluding hydrogens is 290 g/mol. The molecule has 2 N–H and O–H groups in total. The molecule has 23 heavy (non-hydrogen) atoms. The average molecular weight is 309 g/mol. The Kier molecular flexibility index (Phi) is 5.59. The third kappa shape index (κ3) is 4.75. The second kappa shape index (κ2) is 7.85. The van der Waals surface area contributed by atoms with Gasteiger partial charge in [0, 0.05) is 5.69 Å². The standard InChI is InChI=1S/C18H19N3O2/c1-13-3-8-17(23-2)16(11-13)20-12-18(22)21-15-6-4-14(5-7-15)9-10-19/h3-8,11,20H,9,12H2,1-2H3,(H,21,22). The molecule has 0 aliphatic rings. The number of nitrogens with one attached hydrogen (secondary N) is 2. The number of hydrogen-bond donors (Lipinski definition) is 2. The Balaban J connectivity index is 1.92. The normalized spacial score (nSPS) is 9.78. The maximum atomic E-state index is 12.0. The Hall–Kier alpha value is -3.00. The van der Waals surface area contributed by atoms with Crippen molar-refractivity contribution in [2.45, 2.75) is 13.3 Å². The van der Waals surface area contributed by atoms with Crippen LogP contribution in [0.15, 0.2) is 42.5 Å². The molecule has 0 radical (unpaired) electrons. The van der Waals surface area contributed by atoms with E-state index in [9.17, 15) is 4.79 Å². The van der Waals surface area contributed by atoms with Gasteiger partial charge in [-0.05, 0) is 42.3 Å². The second-order valence-corrected chi connectivity index (χ2v) is 5.14. The second-order valence-electron chi connectivity index (χ2n) is 5.14. The summed E-state index contributed by atoms with van der Waals surface area (Å²) in [7, 11) is 1.60. The van der Waals surface area contributed by atoms with E-state index in [1.165, 1.54) is 0 Å². The number of hydrogen-bond acceptors (Lipinski definition) is 4. The lowest BCUT2D eigenvalue weighted by molar-refractivity contribution is -0.114. The molecule has 0 bridgehead atoms. The lowest BCUT2D eigenvalue weighted by Gasteiger charge is -2.12. The van der Waals surface area contributed by atoms with Crippen molar-refractivity contribution in [3.63, 3.8) is 0 Å². The first-order valence-electron chi connectivity index (χ1n) is 7.26. The highest BCUT2D eigenvalue weighted by Gasteiger charge is 2.06. The minimum Gasteiger partial charge on any atom is -0.495 e. The van der Waals surface area contributed by atoms with Gasteiger partial charge in [-0.3, -0.25) is 4.79 Å². The van der Waals surface area contributed by atoms with Gasteiger partial charge in [-0.15, -0.1) is 0 Å². The topological polar surface area (TPSA) is 74.2 Å². The van der Waals surface area contributed by atoms with Gasteiger partial charge in [-0.2, -0.15) is 5.26 Å². The highest BCUT2D eigenvalue weighted by Crippen LogP contribution is 2.24. The molecule has 1 amide bonds. The molecule has 0 atom stereocenters. The minimum absolute atomic E-state index is 0.139. The van der Waals surface area contributed by atoms with Gasteiger partial charge in [0.1, 0.15) is 5.75 Å². The molecule has 5 nitrogen and oxygen atoms in total. The first-order chi connectivity index (χ1) is 11.1. The number of anilines is 2. The van der Waals surface area contributed by atoms with E-state index in [0.717, 1.165) is 16.8 Å². The van der Waals surface area contributed by atoms with E-state index in [-0.39, 0.29) is 12.5 Å². The molecular formula is C18H19N3O2. The van der Waals surface area contributed by atoms with Crippen LogP contribution in [0.25, 0.3) is 0 Å². The average Bonchev–Trinajstić information content (AvgIpc) is 2.55. The van der Waals surface area contributed by atoms with E-state index >= 15 is 0 Å². The minimum atomic E-state index is -0.151. The Bertz CT molecular complexity index is 718. The summed E-state index contributed by atoms with van der Waals surface area (Å²) in [4.78, 5) is 12.0. The van der Waals surface area contributed by atoms with Crippen LogP contribution < -0.4 is 15.4 Å². The van der Waals surface area contributed by atoms with Crippen LogP contribution in [0.2, 0.25) is 0 Å². The van der Waals surface area contributed by atoms with Crippen molar-refractivity contribution in [3.05, 3.63) is 53.6 Å². The summed E-state index contributed by atoms with van der Waals surface area (Å²) in [5, 5.41) is 14.5. The Morgan fingerprint density at radius 1 is 1.22 bits per heavy atom. The number of ether oxygens (including phenoxy) is 1. The molecule has 0 saturated carbocycles. The van der Waals surface area contributed by atoms with Gasteiger partial charge >= 0.3 is 0 Å². The van der Waals surface area contributed by atoms with Crippen molar-refractivity contribution in [2.24, 2.45) is 0 Å². The number of amides is 1. The lowest BCUT2D eigenvalue weighted by Crippen LogP contribution is -2.22. The molecule has 2 rings (SSSR count). The number of carbonyl (C=O) groups is 1. The Morgan fingerprint density at radius 2 is 1.96 bits per heavy atom. The fraction of sp³-hybridized carbons (Fsp3) is 0.222. The number of benzene rings is 2. The van der Waals surface area contributed by atoms with Gasteiger partial charge in [-0.25, -0.2) is 0 Å². The summed E-state index contributed by atoms with van der Waals surface area (Å²) < 4.78 is 5.27. The molecule has 0 aromatic heterocycles. The largest absolute Gasteiger partial charge is 0.495 e. The predicted molar refractivity (Wildman–Crippen MR) is 90.6 cm³/mol. The van der Waals surface area contributed by atoms with E-state index in [1.807, 2.05) is 37.3 Å². The van der Waals surface area contributed by atoms with Crippen LogP contribution in [-0.4, -0.2) is 19.6 Å². The molecule has 2 aromatic carbocycles. The van der Waals surface area contributed by atoms with Gasteiger partial charge in [0.15, 0.2) is 0 Å². The first-order valence-corrected chi connectivity index (χ1v) is 7.26. The molecule has 0 saturated heterocycles. The van der Waals surface area contributed by atoms with E-state index in [2.05, 4.69) is 16.7 Å². The molecule has 118 valence electrons. The van der Waals surface area contributed by atoms with Crippen LogP contribution in [0.1, 0.15) is 11.1 Å². The molecule has 0 heterocycles. The summed E-state index contributed by atoms with van der Waals surface area (Å²) in [5.41, 5.74) is 3.50. The van der Waals surface area contributed by atoms with E-state index < -0.39 is 0 Å². The number of methoxy groups -OCH3 is 1. The van der Waals surface area contributed by atoms with E-state index in [0.29, 0.717) is 17.9 Å². The zero-order valence-corrected chi connectivity index (χ0v) is 13.2. The van der Waals surface area contributed by atoms with E-state index in [1.54, 1.807) is 19.2 Å². The van der Waals surface area contributed by atoms with Gasteiger partial charge in [0.25, 0.3) is 0 Å². The van der Waals surface area contributed by atoms with Gasteiger partial charge in [-0.1, -0.05) is 18.2 Å². The van der Waals surface area contributed by atoms with Crippen molar-refractivity contribution < 1.29 is 9.53 Å². The van der Waals surface area contributed by atoms with Crippen LogP contribution >= 0.6 is 0 Å². The summed E-state index contributed by atoms with van der Waals surface area (Å²) in [5.74, 6) is 0.547. The summed E-state index contributed by atoms with van der Waals surface area (Å²) >= 11 is 0. The van der Waals surface area contributed by atoms with E-state index in [4.69, 9.17) is 10.00 Å². The smallest absolute Gasteiger partial charge is 0.243 e. The third-order valence-electron chi connectivity index (χ3n) is 3.32. The highest BCUT2D eigenvalue weighted by atomic mass is 16.5. The van der Waals surface area contributed by atoms with Crippen molar-refractivity contribution in [1.29, 1.82) is 5.26 Å². The Morgan fingerprint density at radius 3 is 2.61 bits per heavy atom. The lowest BCUT2D eigenvalue weighted by atomic mass is 10.1. The number of nitrogens with zero attached hydrogens (tertiary/aromatic N) is 1. The number of rotatable bonds is 6. The predicted octanol–water partition coefficient (Wildman–Crippen LogP) is 3.12. The quantitative estimate of drug-likeness (QED) is 0.860. The zero-order valence-electron chi connectivity index (χ0n) is 13.2. The third-order valence-corrected chi connectivity index (χ3v) is 3.32. The van der Waals surface area contributed by atoms with Crippen molar-refractivity contribution in [3.8, 4) is 11.8 Å². The molecule has 0 aliphatic heterocycles. The van der Waals surface area contributed by atoms with Crippen LogP contribution in [0.3, 0.4) is 0 Å². The van der Waals surface area contributed by atoms with Gasteiger partial charge in [0.2, 0.25) is 5.91 Å². The number of nitriles is 1. The fourth-order valence-corrected chi connectivity index (χ4v) is 2.14. The summed E-state index contributed by atoms with van der Waals surface area (Å²) in [6.45, 7) is 2.12. The van der Waals surface area contributed by atoms with Crippen LogP contribution in [-0.2, 0) is 11.2 Å². The molecule has 2 aromatic rings. The monoisotopic (exact) mass is 309 g/mol. The SMILES string of the molecule is COc1ccc(C)cc1NCC(=O)Nc1ccc(CC#N)cc1. The molecule has 0 unspecified atom stereocenters. The molecule has 0 aliphatic carbocycles. The first kappa shape index (κ1) is 16.4. The maximum Gasteiger partial charge on any atom is 0.243 e. The fourth-order valence-electron chi connectivity index (χ4n) is 2.14. The van der Waals surface area contributed by atoms with Crippen molar-refractivity contribution in [2.75, 3.05) is 24.3 Å². The number of aryl methyl sites for hydroxylation is 1. The number of carbonyl (C=O) groups excluding carboxylic acids is 1. The van der Waals surface area contributed by atoms with Crippen LogP contribution in [0.4, 0.5) is 11.4 Å². The molecule has 0 fully saturated rings. The van der Waals surface area contributed by atoms with Gasteiger partial charge in [0.05, 0.1) is 31.8 Å². The van der Waals surface area contributed by atoms with Crippen LogP contribution in [0, 0.1) is 18.3 Å². The zero-order chi connectivity index (χ0) is 16.7.